The summed E-state index contributed by atoms with van der Waals surface area (Å²) < 4.78 is 5.21. The Kier molecular flexibility index (Phi) is 3.66. The van der Waals surface area contributed by atoms with Crippen molar-refractivity contribution in [2.24, 2.45) is 0 Å². The number of ether oxygens (including phenoxy) is 1. The molecule has 4 heteroatoms. The maximum absolute atomic E-state index is 12.8. The van der Waals surface area contributed by atoms with E-state index in [1.54, 1.807) is 30.2 Å². The molecule has 0 saturated heterocycles. The van der Waals surface area contributed by atoms with Gasteiger partial charge in [0.05, 0.1) is 24.9 Å². The number of carbonyl (C=O) groups is 2. The highest BCUT2D eigenvalue weighted by Gasteiger charge is 2.36. The van der Waals surface area contributed by atoms with E-state index in [4.69, 9.17) is 4.74 Å². The van der Waals surface area contributed by atoms with Crippen LogP contribution in [-0.4, -0.2) is 18.8 Å². The largest absolute Gasteiger partial charge is 0.497 e. The van der Waals surface area contributed by atoms with E-state index in [1.807, 2.05) is 24.3 Å². The first-order valence-corrected chi connectivity index (χ1v) is 9.11. The smallest absolute Gasteiger partial charge is 0.299 e. The summed E-state index contributed by atoms with van der Waals surface area (Å²) in [6.45, 7) is 0.339. The van der Waals surface area contributed by atoms with Crippen molar-refractivity contribution in [3.05, 3.63) is 83.9 Å². The lowest BCUT2D eigenvalue weighted by Crippen LogP contribution is -2.29. The number of rotatable bonds is 3. The molecule has 5 rings (SSSR count). The lowest BCUT2D eigenvalue weighted by atomic mass is 9.96. The molecule has 0 aliphatic carbocycles. The van der Waals surface area contributed by atoms with Crippen LogP contribution in [-0.2, 0) is 11.3 Å². The molecule has 4 nitrogen and oxygen atoms in total. The van der Waals surface area contributed by atoms with Crippen molar-refractivity contribution in [2.45, 2.75) is 6.54 Å². The van der Waals surface area contributed by atoms with Gasteiger partial charge in [-0.2, -0.15) is 0 Å². The Morgan fingerprint density at radius 2 is 1.46 bits per heavy atom. The minimum atomic E-state index is -0.500. The molecule has 1 aliphatic rings. The van der Waals surface area contributed by atoms with Crippen LogP contribution in [0.2, 0.25) is 0 Å². The molecule has 4 aromatic carbocycles. The summed E-state index contributed by atoms with van der Waals surface area (Å²) in [6, 6.07) is 23.6. The van der Waals surface area contributed by atoms with E-state index in [-0.39, 0.29) is 0 Å². The van der Waals surface area contributed by atoms with Gasteiger partial charge < -0.3 is 9.64 Å². The number of hydrogen-bond acceptors (Lipinski definition) is 3. The van der Waals surface area contributed by atoms with Crippen molar-refractivity contribution in [1.29, 1.82) is 0 Å². The average Bonchev–Trinajstić information content (AvgIpc) is 2.97. The standard InChI is InChI=1S/C24H17NO3/c1-28-17-10-11-22-20(13-17)23(26)24(27)25(22)14-21-18-8-4-2-6-15(18)12-16-7-3-5-9-19(16)21/h2-13H,14H2,1H3. The monoisotopic (exact) mass is 367 g/mol. The lowest BCUT2D eigenvalue weighted by molar-refractivity contribution is -0.114. The minimum Gasteiger partial charge on any atom is -0.497 e. The first-order valence-electron chi connectivity index (χ1n) is 9.11. The molecular formula is C24H17NO3. The van der Waals surface area contributed by atoms with E-state index < -0.39 is 11.7 Å². The maximum Gasteiger partial charge on any atom is 0.299 e. The number of Topliss-reactive ketones (excluding diaryl/α,β-unsaturated/α-hetero) is 1. The Bertz CT molecular complexity index is 1220. The summed E-state index contributed by atoms with van der Waals surface area (Å²) in [4.78, 5) is 26.9. The molecule has 4 aromatic rings. The Balaban J connectivity index is 1.70. The summed E-state index contributed by atoms with van der Waals surface area (Å²) >= 11 is 0. The van der Waals surface area contributed by atoms with Gasteiger partial charge in [0.1, 0.15) is 5.75 Å². The van der Waals surface area contributed by atoms with Gasteiger partial charge in [-0.3, -0.25) is 9.59 Å². The summed E-state index contributed by atoms with van der Waals surface area (Å²) in [7, 11) is 1.54. The lowest BCUT2D eigenvalue weighted by Gasteiger charge is -2.20. The van der Waals surface area contributed by atoms with Crippen LogP contribution in [0.15, 0.2) is 72.8 Å². The average molecular weight is 367 g/mol. The molecule has 0 saturated carbocycles. The van der Waals surface area contributed by atoms with E-state index in [9.17, 15) is 9.59 Å². The zero-order valence-electron chi connectivity index (χ0n) is 15.3. The van der Waals surface area contributed by atoms with Crippen LogP contribution in [0.4, 0.5) is 5.69 Å². The summed E-state index contributed by atoms with van der Waals surface area (Å²) in [5.74, 6) is -0.420. The number of ketones is 1. The molecule has 1 heterocycles. The van der Waals surface area contributed by atoms with Gasteiger partial charge in [-0.1, -0.05) is 48.5 Å². The van der Waals surface area contributed by atoms with Crippen molar-refractivity contribution in [2.75, 3.05) is 12.0 Å². The van der Waals surface area contributed by atoms with Gasteiger partial charge in [-0.25, -0.2) is 0 Å². The quantitative estimate of drug-likeness (QED) is 0.388. The van der Waals surface area contributed by atoms with Crippen LogP contribution < -0.4 is 9.64 Å². The molecule has 28 heavy (non-hydrogen) atoms. The summed E-state index contributed by atoms with van der Waals surface area (Å²) in [6.07, 6.45) is 0. The Labute approximate surface area is 162 Å². The van der Waals surface area contributed by atoms with Gasteiger partial charge in [0, 0.05) is 0 Å². The molecule has 0 aromatic heterocycles. The number of fused-ring (bicyclic) bond motifs is 3. The van der Waals surface area contributed by atoms with E-state index >= 15 is 0 Å². The molecule has 136 valence electrons. The van der Waals surface area contributed by atoms with Gasteiger partial charge in [0.2, 0.25) is 0 Å². The van der Waals surface area contributed by atoms with E-state index in [0.717, 1.165) is 27.1 Å². The summed E-state index contributed by atoms with van der Waals surface area (Å²) in [5, 5.41) is 4.40. The molecule has 1 amide bonds. The highest BCUT2D eigenvalue weighted by molar-refractivity contribution is 6.52. The second-order valence-electron chi connectivity index (χ2n) is 6.90. The first kappa shape index (κ1) is 16.5. The van der Waals surface area contributed by atoms with Gasteiger partial charge >= 0.3 is 0 Å². The Hall–Kier alpha value is -3.66. The van der Waals surface area contributed by atoms with Crippen LogP contribution >= 0.6 is 0 Å². The van der Waals surface area contributed by atoms with E-state index in [2.05, 4.69) is 30.3 Å². The second kappa shape index (κ2) is 6.20. The van der Waals surface area contributed by atoms with Crippen LogP contribution in [0.1, 0.15) is 15.9 Å². The fourth-order valence-electron chi connectivity index (χ4n) is 4.00. The van der Waals surface area contributed by atoms with E-state index in [1.165, 1.54) is 0 Å². The number of anilines is 1. The highest BCUT2D eigenvalue weighted by Crippen LogP contribution is 2.36. The molecular weight excluding hydrogens is 350 g/mol. The van der Waals surface area contributed by atoms with Crippen molar-refractivity contribution in [3.63, 3.8) is 0 Å². The second-order valence-corrected chi connectivity index (χ2v) is 6.90. The fraction of sp³-hybridized carbons (Fsp3) is 0.0833. The number of methoxy groups -OCH3 is 1. The normalized spacial score (nSPS) is 13.4. The van der Waals surface area contributed by atoms with Gasteiger partial charge in [-0.05, 0) is 51.4 Å². The van der Waals surface area contributed by atoms with Gasteiger partial charge in [-0.15, -0.1) is 0 Å². The fourth-order valence-corrected chi connectivity index (χ4v) is 4.00. The van der Waals surface area contributed by atoms with E-state index in [0.29, 0.717) is 23.5 Å². The highest BCUT2D eigenvalue weighted by atomic mass is 16.5. The molecule has 0 radical (unpaired) electrons. The van der Waals surface area contributed by atoms with Crippen molar-refractivity contribution in [1.82, 2.24) is 0 Å². The first-order chi connectivity index (χ1) is 13.7. The number of carbonyl (C=O) groups excluding carboxylic acids is 2. The van der Waals surface area contributed by atoms with Crippen LogP contribution in [0, 0.1) is 0 Å². The summed E-state index contributed by atoms with van der Waals surface area (Å²) in [5.41, 5.74) is 2.07. The van der Waals surface area contributed by atoms with Crippen LogP contribution in [0.3, 0.4) is 0 Å². The SMILES string of the molecule is COc1ccc2c(c1)C(=O)C(=O)N2Cc1c2ccccc2cc2ccccc12. The Morgan fingerprint density at radius 1 is 0.821 bits per heavy atom. The molecule has 0 fully saturated rings. The molecule has 0 N–H and O–H groups in total. The Morgan fingerprint density at radius 3 is 2.11 bits per heavy atom. The predicted molar refractivity (Wildman–Crippen MR) is 110 cm³/mol. The predicted octanol–water partition coefficient (Wildman–Crippen LogP) is 4.73. The third-order valence-electron chi connectivity index (χ3n) is 5.38. The van der Waals surface area contributed by atoms with Crippen molar-refractivity contribution in [3.8, 4) is 5.75 Å². The zero-order chi connectivity index (χ0) is 19.3. The third kappa shape index (κ3) is 2.38. The number of benzene rings is 4. The molecule has 0 bridgehead atoms. The van der Waals surface area contributed by atoms with Crippen LogP contribution in [0.25, 0.3) is 21.5 Å². The minimum absolute atomic E-state index is 0.339. The third-order valence-corrected chi connectivity index (χ3v) is 5.38. The van der Waals surface area contributed by atoms with Gasteiger partial charge in [0.25, 0.3) is 11.7 Å². The topological polar surface area (TPSA) is 46.6 Å². The number of nitrogens with zero attached hydrogens (tertiary/aromatic N) is 1. The van der Waals surface area contributed by atoms with Crippen LogP contribution in [0.5, 0.6) is 5.75 Å². The number of hydrogen-bond donors (Lipinski definition) is 0. The maximum atomic E-state index is 12.8. The molecule has 0 atom stereocenters. The molecule has 0 unspecified atom stereocenters. The van der Waals surface area contributed by atoms with Crippen molar-refractivity contribution >= 4 is 38.9 Å². The molecule has 0 spiro atoms. The number of amides is 1. The molecule has 1 aliphatic heterocycles. The van der Waals surface area contributed by atoms with Crippen molar-refractivity contribution < 1.29 is 14.3 Å². The van der Waals surface area contributed by atoms with Gasteiger partial charge in [0.15, 0.2) is 0 Å². The zero-order valence-corrected chi connectivity index (χ0v) is 15.3.